The van der Waals surface area contributed by atoms with E-state index in [0.717, 1.165) is 61.3 Å². The van der Waals surface area contributed by atoms with Crippen molar-refractivity contribution in [2.75, 3.05) is 0 Å². The van der Waals surface area contributed by atoms with E-state index in [9.17, 15) is 4.39 Å². The molecule has 2 N–H and O–H groups in total. The van der Waals surface area contributed by atoms with Crippen molar-refractivity contribution in [3.63, 3.8) is 0 Å². The van der Waals surface area contributed by atoms with Crippen LogP contribution in [-0.4, -0.2) is 30.1 Å². The lowest BCUT2D eigenvalue weighted by atomic mass is 10.0. The van der Waals surface area contributed by atoms with Crippen LogP contribution in [0.5, 0.6) is 0 Å². The molecule has 6 nitrogen and oxygen atoms in total. The van der Waals surface area contributed by atoms with E-state index in [1.807, 2.05) is 37.4 Å². The van der Waals surface area contributed by atoms with Gasteiger partial charge < -0.3 is 4.98 Å². The van der Waals surface area contributed by atoms with Gasteiger partial charge in [0.1, 0.15) is 17.2 Å². The third kappa shape index (κ3) is 2.94. The van der Waals surface area contributed by atoms with Gasteiger partial charge in [-0.25, -0.2) is 9.37 Å². The number of aromatic nitrogens is 6. The normalized spacial score (nSPS) is 11.4. The second kappa shape index (κ2) is 7.09. The molecule has 0 radical (unpaired) electrons. The maximum Gasteiger partial charge on any atom is 0.138 e. The van der Waals surface area contributed by atoms with Crippen LogP contribution in [0, 0.1) is 12.7 Å². The Balaban J connectivity index is 1.51. The van der Waals surface area contributed by atoms with Crippen LogP contribution >= 0.6 is 0 Å². The number of aryl methyl sites for hydroxylation is 1. The van der Waals surface area contributed by atoms with Crippen molar-refractivity contribution >= 4 is 21.9 Å². The Morgan fingerprint density at radius 3 is 2.56 bits per heavy atom. The lowest BCUT2D eigenvalue weighted by molar-refractivity contribution is 0.628. The first kappa shape index (κ1) is 18.4. The lowest BCUT2D eigenvalue weighted by Crippen LogP contribution is -1.88. The van der Waals surface area contributed by atoms with Gasteiger partial charge in [-0.1, -0.05) is 12.1 Å². The number of hydrogen-bond acceptors (Lipinski definition) is 4. The van der Waals surface area contributed by atoms with Crippen LogP contribution in [-0.2, 0) is 0 Å². The predicted molar refractivity (Wildman–Crippen MR) is 122 cm³/mol. The zero-order valence-corrected chi connectivity index (χ0v) is 17.1. The minimum Gasteiger partial charge on any atom is -0.338 e. The highest BCUT2D eigenvalue weighted by Crippen LogP contribution is 2.34. The minimum absolute atomic E-state index is 0.259. The molecule has 6 rings (SSSR count). The van der Waals surface area contributed by atoms with E-state index in [-0.39, 0.29) is 5.82 Å². The van der Waals surface area contributed by atoms with Crippen molar-refractivity contribution in [1.82, 2.24) is 30.1 Å². The Kier molecular flexibility index (Phi) is 4.07. The Hall–Kier alpha value is -4.39. The summed E-state index contributed by atoms with van der Waals surface area (Å²) < 4.78 is 13.4. The van der Waals surface area contributed by atoms with E-state index >= 15 is 0 Å². The smallest absolute Gasteiger partial charge is 0.138 e. The van der Waals surface area contributed by atoms with E-state index in [4.69, 9.17) is 0 Å². The van der Waals surface area contributed by atoms with Gasteiger partial charge in [-0.3, -0.25) is 15.1 Å². The quantitative estimate of drug-likeness (QED) is 0.386. The summed E-state index contributed by atoms with van der Waals surface area (Å²) in [5, 5.41) is 9.51. The summed E-state index contributed by atoms with van der Waals surface area (Å²) in [5.74, 6) is -0.259. The third-order valence-corrected chi connectivity index (χ3v) is 5.70. The lowest BCUT2D eigenvalue weighted by Gasteiger charge is -2.04. The average Bonchev–Trinajstić information content (AvgIpc) is 3.43. The molecule has 32 heavy (non-hydrogen) atoms. The highest BCUT2D eigenvalue weighted by Gasteiger charge is 2.16. The molecule has 0 saturated heterocycles. The molecule has 1 aromatic carbocycles. The minimum atomic E-state index is -0.259. The molecule has 0 amide bonds. The fourth-order valence-electron chi connectivity index (χ4n) is 4.04. The maximum absolute atomic E-state index is 13.4. The third-order valence-electron chi connectivity index (χ3n) is 5.70. The summed E-state index contributed by atoms with van der Waals surface area (Å²) in [6.07, 6.45) is 7.14. The van der Waals surface area contributed by atoms with Crippen molar-refractivity contribution in [2.24, 2.45) is 0 Å². The van der Waals surface area contributed by atoms with Gasteiger partial charge in [0.05, 0.1) is 23.1 Å². The molecule has 5 heterocycles. The maximum atomic E-state index is 13.4. The van der Waals surface area contributed by atoms with Crippen LogP contribution in [0.3, 0.4) is 0 Å². The monoisotopic (exact) mass is 420 g/mol. The molecule has 154 valence electrons. The average molecular weight is 420 g/mol. The largest absolute Gasteiger partial charge is 0.338 e. The first-order chi connectivity index (χ1) is 15.7. The molecule has 0 aliphatic heterocycles. The Morgan fingerprint density at radius 1 is 0.844 bits per heavy atom. The van der Waals surface area contributed by atoms with Gasteiger partial charge in [0.2, 0.25) is 0 Å². The van der Waals surface area contributed by atoms with Crippen LogP contribution in [0.25, 0.3) is 55.7 Å². The summed E-state index contributed by atoms with van der Waals surface area (Å²) in [7, 11) is 0. The predicted octanol–water partition coefficient (Wildman–Crippen LogP) is 5.68. The zero-order valence-electron chi connectivity index (χ0n) is 17.1. The number of fused-ring (bicyclic) bond motifs is 2. The number of nitrogens with zero attached hydrogens (tertiary/aromatic N) is 4. The molecule has 0 aliphatic carbocycles. The van der Waals surface area contributed by atoms with Crippen molar-refractivity contribution < 1.29 is 4.39 Å². The van der Waals surface area contributed by atoms with Crippen LogP contribution in [0.15, 0.2) is 73.3 Å². The first-order valence-electron chi connectivity index (χ1n) is 10.2. The topological polar surface area (TPSA) is 83.1 Å². The number of rotatable bonds is 3. The fourth-order valence-corrected chi connectivity index (χ4v) is 4.04. The van der Waals surface area contributed by atoms with Crippen LogP contribution < -0.4 is 0 Å². The summed E-state index contributed by atoms with van der Waals surface area (Å²) in [6.45, 7) is 2.04. The number of hydrogen-bond donors (Lipinski definition) is 2. The molecular formula is C25H17FN6. The number of benzene rings is 1. The van der Waals surface area contributed by atoms with Gasteiger partial charge in [-0.2, -0.15) is 5.10 Å². The number of aromatic amines is 2. The van der Waals surface area contributed by atoms with Gasteiger partial charge in [0.15, 0.2) is 0 Å². The van der Waals surface area contributed by atoms with Gasteiger partial charge >= 0.3 is 0 Å². The standard InChI is InChI=1S/C25H17FN6/c1-14-6-8-27-12-20(14)21-11-19-23(13-29-21)31-32-24(19)22-10-18-17(7-9-28-25(18)30-22)15-2-4-16(26)5-3-15/h2-13H,1H3,(H,28,30)(H,31,32). The number of halogens is 1. The molecule has 0 fully saturated rings. The second-order valence-corrected chi connectivity index (χ2v) is 7.69. The molecule has 0 spiro atoms. The van der Waals surface area contributed by atoms with Crippen molar-refractivity contribution in [3.8, 4) is 33.8 Å². The highest BCUT2D eigenvalue weighted by molar-refractivity contribution is 6.00. The van der Waals surface area contributed by atoms with Gasteiger partial charge in [0, 0.05) is 34.9 Å². The van der Waals surface area contributed by atoms with Gasteiger partial charge in [-0.05, 0) is 60.0 Å². The van der Waals surface area contributed by atoms with E-state index in [0.29, 0.717) is 0 Å². The molecule has 0 atom stereocenters. The number of H-pyrrole nitrogens is 2. The zero-order chi connectivity index (χ0) is 21.7. The Labute approximate surface area is 182 Å². The molecule has 6 aromatic rings. The molecule has 0 unspecified atom stereocenters. The number of pyridine rings is 3. The van der Waals surface area contributed by atoms with Crippen molar-refractivity contribution in [2.45, 2.75) is 6.92 Å². The van der Waals surface area contributed by atoms with Crippen molar-refractivity contribution in [3.05, 3.63) is 84.7 Å². The molecule has 7 heteroatoms. The van der Waals surface area contributed by atoms with Crippen LogP contribution in [0.2, 0.25) is 0 Å². The van der Waals surface area contributed by atoms with Crippen molar-refractivity contribution in [1.29, 1.82) is 0 Å². The Bertz CT molecular complexity index is 1600. The van der Waals surface area contributed by atoms with E-state index in [1.54, 1.807) is 30.7 Å². The summed E-state index contributed by atoms with van der Waals surface area (Å²) in [4.78, 5) is 16.7. The highest BCUT2D eigenvalue weighted by atomic mass is 19.1. The summed E-state index contributed by atoms with van der Waals surface area (Å²) >= 11 is 0. The SMILES string of the molecule is Cc1ccncc1-c1cc2c(-c3cc4c(-c5ccc(F)cc5)ccnc4[nH]3)n[nH]c2cn1. The summed E-state index contributed by atoms with van der Waals surface area (Å²) in [6, 6.07) is 14.4. The fraction of sp³-hybridized carbons (Fsp3) is 0.0400. The Morgan fingerprint density at radius 2 is 1.72 bits per heavy atom. The van der Waals surface area contributed by atoms with Crippen LogP contribution in [0.1, 0.15) is 5.56 Å². The van der Waals surface area contributed by atoms with Crippen LogP contribution in [0.4, 0.5) is 4.39 Å². The molecular weight excluding hydrogens is 403 g/mol. The van der Waals surface area contributed by atoms with E-state index in [2.05, 4.69) is 30.1 Å². The number of nitrogens with one attached hydrogen (secondary N) is 2. The van der Waals surface area contributed by atoms with Gasteiger partial charge in [0.25, 0.3) is 0 Å². The van der Waals surface area contributed by atoms with E-state index in [1.165, 1.54) is 12.1 Å². The first-order valence-corrected chi connectivity index (χ1v) is 10.2. The van der Waals surface area contributed by atoms with E-state index < -0.39 is 0 Å². The molecule has 0 saturated carbocycles. The second-order valence-electron chi connectivity index (χ2n) is 7.69. The molecule has 0 bridgehead atoms. The molecule has 0 aliphatic rings. The van der Waals surface area contributed by atoms with Gasteiger partial charge in [-0.15, -0.1) is 0 Å². The molecule has 5 aromatic heterocycles. The summed E-state index contributed by atoms with van der Waals surface area (Å²) in [5.41, 5.74) is 8.05.